The van der Waals surface area contributed by atoms with Gasteiger partial charge in [0.2, 0.25) is 5.43 Å². The molecular weight excluding hydrogens is 250 g/mol. The maximum absolute atomic E-state index is 12.0. The van der Waals surface area contributed by atoms with Gasteiger partial charge in [-0.05, 0) is 19.1 Å². The van der Waals surface area contributed by atoms with E-state index >= 15 is 0 Å². The van der Waals surface area contributed by atoms with Crippen LogP contribution in [0.2, 0.25) is 0 Å². The molecule has 0 spiro atoms. The summed E-state index contributed by atoms with van der Waals surface area (Å²) in [6.45, 7) is 2.27. The topological polar surface area (TPSA) is 105 Å². The monoisotopic (exact) mass is 261 g/mol. The summed E-state index contributed by atoms with van der Waals surface area (Å²) in [6, 6.07) is 2.95. The number of nitrogens with zero attached hydrogens (tertiary/aromatic N) is 3. The zero-order chi connectivity index (χ0) is 14.0. The van der Waals surface area contributed by atoms with E-state index in [0.29, 0.717) is 17.9 Å². The number of oxime groups is 1. The number of aromatic nitrogens is 2. The molecule has 0 unspecified atom stereocenters. The van der Waals surface area contributed by atoms with Crippen molar-refractivity contribution >= 4 is 23.2 Å². The Morgan fingerprint density at radius 1 is 1.53 bits per heavy atom. The van der Waals surface area contributed by atoms with E-state index in [0.717, 1.165) is 6.21 Å². The van der Waals surface area contributed by atoms with Crippen molar-refractivity contribution in [1.82, 2.24) is 9.55 Å². The van der Waals surface area contributed by atoms with Crippen LogP contribution in [0.15, 0.2) is 28.3 Å². The van der Waals surface area contributed by atoms with Crippen LogP contribution in [0.4, 0.5) is 0 Å². The highest BCUT2D eigenvalue weighted by molar-refractivity contribution is 5.92. The maximum Gasteiger partial charge on any atom is 0.341 e. The van der Waals surface area contributed by atoms with Crippen LogP contribution in [-0.2, 0) is 6.54 Å². The van der Waals surface area contributed by atoms with Crippen molar-refractivity contribution in [2.24, 2.45) is 5.16 Å². The number of aryl methyl sites for hydroxylation is 1. The SMILES string of the molecule is CCn1cc(C(=O)O)c(=O)c2ccc(C=NO)nc21. The smallest absolute Gasteiger partial charge is 0.341 e. The molecule has 2 rings (SSSR count). The zero-order valence-corrected chi connectivity index (χ0v) is 10.1. The molecule has 0 aliphatic heterocycles. The number of carbonyl (C=O) groups is 1. The van der Waals surface area contributed by atoms with Gasteiger partial charge < -0.3 is 14.9 Å². The fourth-order valence-electron chi connectivity index (χ4n) is 1.80. The minimum Gasteiger partial charge on any atom is -0.477 e. The first-order chi connectivity index (χ1) is 9.08. The molecule has 0 radical (unpaired) electrons. The molecule has 0 aromatic carbocycles. The highest BCUT2D eigenvalue weighted by Gasteiger charge is 2.14. The molecule has 2 heterocycles. The molecule has 0 aliphatic carbocycles. The molecule has 2 aromatic heterocycles. The summed E-state index contributed by atoms with van der Waals surface area (Å²) < 4.78 is 1.56. The number of pyridine rings is 2. The number of carboxylic acid groups (broad SMARTS) is 1. The van der Waals surface area contributed by atoms with Gasteiger partial charge in [0.15, 0.2) is 0 Å². The van der Waals surface area contributed by atoms with Crippen molar-refractivity contribution in [3.8, 4) is 0 Å². The summed E-state index contributed by atoms with van der Waals surface area (Å²) in [6.07, 6.45) is 2.40. The van der Waals surface area contributed by atoms with Crippen LogP contribution in [0.5, 0.6) is 0 Å². The molecule has 7 heteroatoms. The van der Waals surface area contributed by atoms with E-state index in [1.165, 1.54) is 18.3 Å². The Morgan fingerprint density at radius 3 is 2.84 bits per heavy atom. The molecular formula is C12H11N3O4. The molecule has 0 atom stereocenters. The predicted molar refractivity (Wildman–Crippen MR) is 68.0 cm³/mol. The zero-order valence-electron chi connectivity index (χ0n) is 10.1. The first kappa shape index (κ1) is 12.7. The van der Waals surface area contributed by atoms with Crippen molar-refractivity contribution in [3.05, 3.63) is 39.8 Å². The lowest BCUT2D eigenvalue weighted by molar-refractivity contribution is 0.0695. The van der Waals surface area contributed by atoms with Crippen LogP contribution in [0.25, 0.3) is 11.0 Å². The van der Waals surface area contributed by atoms with Gasteiger partial charge in [-0.3, -0.25) is 4.79 Å². The average Bonchev–Trinajstić information content (AvgIpc) is 2.39. The summed E-state index contributed by atoms with van der Waals surface area (Å²) in [7, 11) is 0. The summed E-state index contributed by atoms with van der Waals surface area (Å²) in [4.78, 5) is 27.2. The fourth-order valence-corrected chi connectivity index (χ4v) is 1.80. The third kappa shape index (κ3) is 2.17. The number of carboxylic acids is 1. The van der Waals surface area contributed by atoms with Gasteiger partial charge in [-0.1, -0.05) is 5.16 Å². The molecule has 0 bridgehead atoms. The van der Waals surface area contributed by atoms with Crippen molar-refractivity contribution < 1.29 is 15.1 Å². The van der Waals surface area contributed by atoms with E-state index in [9.17, 15) is 9.59 Å². The second-order valence-corrected chi connectivity index (χ2v) is 3.81. The molecule has 0 saturated heterocycles. The first-order valence-electron chi connectivity index (χ1n) is 5.53. The average molecular weight is 261 g/mol. The summed E-state index contributed by atoms with van der Waals surface area (Å²) in [5.41, 5.74) is -0.138. The lowest BCUT2D eigenvalue weighted by Gasteiger charge is -2.09. The highest BCUT2D eigenvalue weighted by Crippen LogP contribution is 2.10. The Morgan fingerprint density at radius 2 is 2.26 bits per heavy atom. The fraction of sp³-hybridized carbons (Fsp3) is 0.167. The largest absolute Gasteiger partial charge is 0.477 e. The van der Waals surface area contributed by atoms with E-state index in [1.54, 1.807) is 4.57 Å². The van der Waals surface area contributed by atoms with Gasteiger partial charge in [0, 0.05) is 12.7 Å². The van der Waals surface area contributed by atoms with E-state index in [1.807, 2.05) is 6.92 Å². The molecule has 7 nitrogen and oxygen atoms in total. The van der Waals surface area contributed by atoms with E-state index < -0.39 is 11.4 Å². The number of rotatable bonds is 3. The third-order valence-corrected chi connectivity index (χ3v) is 2.70. The van der Waals surface area contributed by atoms with Gasteiger partial charge in [-0.15, -0.1) is 0 Å². The lowest BCUT2D eigenvalue weighted by atomic mass is 10.2. The normalized spacial score (nSPS) is 11.2. The molecule has 0 amide bonds. The number of fused-ring (bicyclic) bond motifs is 1. The maximum atomic E-state index is 12.0. The van der Waals surface area contributed by atoms with E-state index in [2.05, 4.69) is 10.1 Å². The van der Waals surface area contributed by atoms with Crippen LogP contribution in [-0.4, -0.2) is 32.0 Å². The van der Waals surface area contributed by atoms with Crippen LogP contribution in [0, 0.1) is 0 Å². The Kier molecular flexibility index (Phi) is 3.28. The summed E-state index contributed by atoms with van der Waals surface area (Å²) in [5.74, 6) is -1.27. The standard InChI is InChI=1S/C12H11N3O4/c1-2-15-6-9(12(17)18)10(16)8-4-3-7(5-13-19)14-11(8)15/h3-6,19H,2H2,1H3,(H,17,18). The van der Waals surface area contributed by atoms with Crippen molar-refractivity contribution in [1.29, 1.82) is 0 Å². The molecule has 2 N–H and O–H groups in total. The van der Waals surface area contributed by atoms with E-state index in [-0.39, 0.29) is 10.9 Å². The molecule has 98 valence electrons. The Hall–Kier alpha value is -2.70. The molecule has 2 aromatic rings. The number of hydrogen-bond donors (Lipinski definition) is 2. The lowest BCUT2D eigenvalue weighted by Crippen LogP contribution is -2.19. The quantitative estimate of drug-likeness (QED) is 0.485. The first-order valence-corrected chi connectivity index (χ1v) is 5.53. The molecule has 0 aliphatic rings. The summed E-state index contributed by atoms with van der Waals surface area (Å²) in [5, 5.41) is 20.6. The van der Waals surface area contributed by atoms with Gasteiger partial charge >= 0.3 is 5.97 Å². The molecule has 0 fully saturated rings. The van der Waals surface area contributed by atoms with Crippen LogP contribution in [0.3, 0.4) is 0 Å². The molecule has 19 heavy (non-hydrogen) atoms. The third-order valence-electron chi connectivity index (χ3n) is 2.70. The van der Waals surface area contributed by atoms with Gasteiger partial charge in [-0.25, -0.2) is 9.78 Å². The Balaban J connectivity index is 2.86. The predicted octanol–water partition coefficient (Wildman–Crippen LogP) is 0.923. The van der Waals surface area contributed by atoms with Gasteiger partial charge in [0.1, 0.15) is 11.2 Å². The Bertz CT molecular complexity index is 734. The van der Waals surface area contributed by atoms with Gasteiger partial charge in [0.25, 0.3) is 0 Å². The molecule has 0 saturated carbocycles. The number of hydrogen-bond acceptors (Lipinski definition) is 5. The van der Waals surface area contributed by atoms with E-state index in [4.69, 9.17) is 10.3 Å². The summed E-state index contributed by atoms with van der Waals surface area (Å²) >= 11 is 0. The van der Waals surface area contributed by atoms with Crippen LogP contribution < -0.4 is 5.43 Å². The minimum absolute atomic E-state index is 0.219. The van der Waals surface area contributed by atoms with Crippen LogP contribution >= 0.6 is 0 Å². The van der Waals surface area contributed by atoms with Gasteiger partial charge in [-0.2, -0.15) is 0 Å². The van der Waals surface area contributed by atoms with Crippen molar-refractivity contribution in [2.75, 3.05) is 0 Å². The minimum atomic E-state index is -1.27. The van der Waals surface area contributed by atoms with Crippen molar-refractivity contribution in [3.63, 3.8) is 0 Å². The Labute approximate surface area is 107 Å². The van der Waals surface area contributed by atoms with Crippen molar-refractivity contribution in [2.45, 2.75) is 13.5 Å². The highest BCUT2D eigenvalue weighted by atomic mass is 16.4. The van der Waals surface area contributed by atoms with Gasteiger partial charge in [0.05, 0.1) is 17.3 Å². The second kappa shape index (κ2) is 4.89. The number of aromatic carboxylic acids is 1. The van der Waals surface area contributed by atoms with Crippen LogP contribution in [0.1, 0.15) is 23.0 Å². The second-order valence-electron chi connectivity index (χ2n) is 3.81.